The molecule has 1 aromatic rings. The number of carbonyl (C=O) groups is 2. The Bertz CT molecular complexity index is 590. The molecule has 0 spiro atoms. The van der Waals surface area contributed by atoms with E-state index in [4.69, 9.17) is 10.9 Å². The predicted octanol–water partition coefficient (Wildman–Crippen LogP) is -0.686. The van der Waals surface area contributed by atoms with E-state index >= 15 is 0 Å². The lowest BCUT2D eigenvalue weighted by Gasteiger charge is -2.03. The topological polar surface area (TPSA) is 132 Å². The van der Waals surface area contributed by atoms with Crippen molar-refractivity contribution >= 4 is 27.5 Å². The van der Waals surface area contributed by atoms with Crippen molar-refractivity contribution < 1.29 is 18.0 Å². The van der Waals surface area contributed by atoms with E-state index in [1.54, 1.807) is 0 Å². The first-order valence-corrected chi connectivity index (χ1v) is 6.25. The number of rotatable bonds is 4. The van der Waals surface area contributed by atoms with Crippen LogP contribution in [0, 0.1) is 0 Å². The molecular weight excluding hydrogens is 258 g/mol. The summed E-state index contributed by atoms with van der Waals surface area (Å²) in [6, 6.07) is 5.25. The first kappa shape index (κ1) is 13.9. The maximum Gasteiger partial charge on any atom is 0.248 e. The van der Waals surface area contributed by atoms with Crippen LogP contribution in [0.5, 0.6) is 0 Å². The molecule has 7 nitrogen and oxygen atoms in total. The van der Waals surface area contributed by atoms with Gasteiger partial charge >= 0.3 is 0 Å². The molecule has 0 saturated carbocycles. The monoisotopic (exact) mass is 269 g/mol. The third-order valence-electron chi connectivity index (χ3n) is 1.85. The first-order valence-electron chi connectivity index (χ1n) is 4.70. The normalized spacial score (nSPS) is 11.4. The number of hydrogen-bond acceptors (Lipinski definition) is 4. The molecule has 0 aliphatic carbocycles. The zero-order valence-corrected chi connectivity index (χ0v) is 9.98. The molecule has 18 heavy (non-hydrogen) atoms. The molecule has 0 atom stereocenters. The average molecular weight is 269 g/mol. The Morgan fingerprint density at radius 3 is 2.11 bits per heavy atom. The van der Waals surface area contributed by atoms with Crippen LogP contribution in [-0.4, -0.2) is 20.2 Å². The number of primary amides is 1. The van der Waals surface area contributed by atoms with Crippen molar-refractivity contribution in [2.45, 2.75) is 4.90 Å². The molecule has 0 bridgehead atoms. The van der Waals surface area contributed by atoms with E-state index in [0.717, 1.165) is 12.2 Å². The minimum atomic E-state index is -3.76. The molecule has 96 valence electrons. The average Bonchev–Trinajstić information content (AvgIpc) is 2.26. The fourth-order valence-corrected chi connectivity index (χ4v) is 1.59. The Labute approximate surface area is 104 Å². The van der Waals surface area contributed by atoms with Crippen LogP contribution < -0.4 is 16.2 Å². The second kappa shape index (κ2) is 5.43. The summed E-state index contributed by atoms with van der Waals surface area (Å²) >= 11 is 0. The summed E-state index contributed by atoms with van der Waals surface area (Å²) in [4.78, 5) is 21.6. The molecule has 1 rings (SSSR count). The minimum absolute atomic E-state index is 0.0619. The van der Waals surface area contributed by atoms with Crippen molar-refractivity contribution in [1.29, 1.82) is 0 Å². The van der Waals surface area contributed by atoms with Gasteiger partial charge in [-0.2, -0.15) is 0 Å². The molecule has 0 unspecified atom stereocenters. The number of hydrogen-bond donors (Lipinski definition) is 3. The number of sulfonamides is 1. The van der Waals surface area contributed by atoms with Gasteiger partial charge in [-0.1, -0.05) is 0 Å². The summed E-state index contributed by atoms with van der Waals surface area (Å²) in [6.07, 6.45) is 1.88. The van der Waals surface area contributed by atoms with Gasteiger partial charge in [0.25, 0.3) is 0 Å². The summed E-state index contributed by atoms with van der Waals surface area (Å²) in [5.74, 6) is -1.30. The summed E-state index contributed by atoms with van der Waals surface area (Å²) in [5, 5.41) is 7.32. The molecule has 8 heteroatoms. The Hall–Kier alpha value is -2.19. The number of benzene rings is 1. The fourth-order valence-electron chi connectivity index (χ4n) is 1.07. The molecule has 0 aliphatic heterocycles. The molecule has 0 radical (unpaired) electrons. The lowest BCUT2D eigenvalue weighted by Crippen LogP contribution is -2.13. The van der Waals surface area contributed by atoms with Gasteiger partial charge in [-0.05, 0) is 24.3 Å². The molecule has 2 amide bonds. The van der Waals surface area contributed by atoms with E-state index in [2.05, 4.69) is 5.32 Å². The first-order chi connectivity index (χ1) is 8.29. The van der Waals surface area contributed by atoms with Gasteiger partial charge in [-0.15, -0.1) is 0 Å². The molecule has 0 aromatic heterocycles. The van der Waals surface area contributed by atoms with E-state index in [0.29, 0.717) is 5.69 Å². The zero-order valence-electron chi connectivity index (χ0n) is 9.16. The molecule has 0 saturated heterocycles. The van der Waals surface area contributed by atoms with Crippen LogP contribution in [0.25, 0.3) is 0 Å². The highest BCUT2D eigenvalue weighted by Crippen LogP contribution is 2.12. The maximum absolute atomic E-state index is 11.3. The van der Waals surface area contributed by atoms with E-state index in [1.807, 2.05) is 0 Å². The van der Waals surface area contributed by atoms with Crippen LogP contribution in [-0.2, 0) is 19.6 Å². The van der Waals surface area contributed by atoms with Crippen LogP contribution in [0.3, 0.4) is 0 Å². The molecule has 1 aromatic carbocycles. The number of nitrogens with one attached hydrogen (secondary N) is 1. The van der Waals surface area contributed by atoms with Crippen molar-refractivity contribution in [3.63, 3.8) is 0 Å². The van der Waals surface area contributed by atoms with Gasteiger partial charge in [-0.3, -0.25) is 9.59 Å². The van der Waals surface area contributed by atoms with Gasteiger partial charge in [-0.25, -0.2) is 13.6 Å². The smallest absolute Gasteiger partial charge is 0.248 e. The quantitative estimate of drug-likeness (QED) is 0.624. The van der Waals surface area contributed by atoms with Gasteiger partial charge in [0.15, 0.2) is 0 Å². The highest BCUT2D eigenvalue weighted by Gasteiger charge is 2.07. The van der Waals surface area contributed by atoms with E-state index in [1.165, 1.54) is 24.3 Å². The Kier molecular flexibility index (Phi) is 4.18. The second-order valence-electron chi connectivity index (χ2n) is 3.29. The lowest BCUT2D eigenvalue weighted by atomic mass is 10.3. The van der Waals surface area contributed by atoms with Crippen LogP contribution in [0.4, 0.5) is 5.69 Å². The second-order valence-corrected chi connectivity index (χ2v) is 4.86. The zero-order chi connectivity index (χ0) is 13.8. The van der Waals surface area contributed by atoms with Crippen LogP contribution in [0.2, 0.25) is 0 Å². The standard InChI is InChI=1S/C10H11N3O4S/c11-9(14)5-6-10(15)13-7-1-3-8(4-2-7)18(12,16)17/h1-6H,(H2,11,14)(H,13,15)(H2,12,16,17)/b6-5-. The van der Waals surface area contributed by atoms with Crippen molar-refractivity contribution in [3.8, 4) is 0 Å². The van der Waals surface area contributed by atoms with Crippen molar-refractivity contribution in [2.75, 3.05) is 5.32 Å². The maximum atomic E-state index is 11.3. The van der Waals surface area contributed by atoms with Gasteiger partial charge < -0.3 is 11.1 Å². The number of amides is 2. The highest BCUT2D eigenvalue weighted by atomic mass is 32.2. The van der Waals surface area contributed by atoms with Crippen LogP contribution in [0.1, 0.15) is 0 Å². The summed E-state index contributed by atoms with van der Waals surface area (Å²) in [6.45, 7) is 0. The Balaban J connectivity index is 2.76. The Morgan fingerprint density at radius 1 is 1.11 bits per heavy atom. The summed E-state index contributed by atoms with van der Waals surface area (Å²) in [7, 11) is -3.76. The van der Waals surface area contributed by atoms with Gasteiger partial charge in [0.1, 0.15) is 0 Å². The third-order valence-corrected chi connectivity index (χ3v) is 2.78. The van der Waals surface area contributed by atoms with E-state index < -0.39 is 21.8 Å². The lowest BCUT2D eigenvalue weighted by molar-refractivity contribution is -0.115. The fraction of sp³-hybridized carbons (Fsp3) is 0. The van der Waals surface area contributed by atoms with Crippen molar-refractivity contribution in [2.24, 2.45) is 10.9 Å². The van der Waals surface area contributed by atoms with Crippen LogP contribution in [0.15, 0.2) is 41.3 Å². The number of primary sulfonamides is 1. The van der Waals surface area contributed by atoms with Gasteiger partial charge in [0, 0.05) is 17.8 Å². The molecule has 0 fully saturated rings. The van der Waals surface area contributed by atoms with E-state index in [9.17, 15) is 18.0 Å². The van der Waals surface area contributed by atoms with Crippen molar-refractivity contribution in [3.05, 3.63) is 36.4 Å². The van der Waals surface area contributed by atoms with Gasteiger partial charge in [0.05, 0.1) is 4.90 Å². The molecule has 0 heterocycles. The number of nitrogens with two attached hydrogens (primary N) is 2. The van der Waals surface area contributed by atoms with E-state index in [-0.39, 0.29) is 4.90 Å². The van der Waals surface area contributed by atoms with Crippen LogP contribution >= 0.6 is 0 Å². The third kappa shape index (κ3) is 4.36. The number of anilines is 1. The summed E-state index contributed by atoms with van der Waals surface area (Å²) in [5.41, 5.74) is 5.18. The molecule has 5 N–H and O–H groups in total. The Morgan fingerprint density at radius 2 is 1.67 bits per heavy atom. The van der Waals surface area contributed by atoms with Gasteiger partial charge in [0.2, 0.25) is 21.8 Å². The molecule has 0 aliphatic rings. The summed E-state index contributed by atoms with van der Waals surface area (Å²) < 4.78 is 21.9. The number of carbonyl (C=O) groups excluding carboxylic acids is 2. The molecular formula is C10H11N3O4S. The SMILES string of the molecule is NC(=O)/C=C\C(=O)Nc1ccc(S(N)(=O)=O)cc1. The van der Waals surface area contributed by atoms with Crippen molar-refractivity contribution in [1.82, 2.24) is 0 Å². The predicted molar refractivity (Wildman–Crippen MR) is 64.8 cm³/mol. The minimum Gasteiger partial charge on any atom is -0.366 e. The largest absolute Gasteiger partial charge is 0.366 e. The highest BCUT2D eigenvalue weighted by molar-refractivity contribution is 7.89.